The van der Waals surface area contributed by atoms with E-state index in [0.29, 0.717) is 5.92 Å². The minimum Gasteiger partial charge on any atom is -0.315 e. The summed E-state index contributed by atoms with van der Waals surface area (Å²) in [5, 5.41) is 21.2. The molecule has 0 aromatic heterocycles. The van der Waals surface area contributed by atoms with Gasteiger partial charge < -0.3 is 31.9 Å². The van der Waals surface area contributed by atoms with Gasteiger partial charge in [0.05, 0.1) is 0 Å². The smallest absolute Gasteiger partial charge is 0.0206 e. The van der Waals surface area contributed by atoms with E-state index in [0.717, 1.165) is 85.0 Å². The van der Waals surface area contributed by atoms with Crippen LogP contribution < -0.4 is 31.9 Å². The molecule has 0 spiro atoms. The van der Waals surface area contributed by atoms with Crippen LogP contribution in [0.1, 0.15) is 17.5 Å². The Morgan fingerprint density at radius 2 is 1.07 bits per heavy atom. The van der Waals surface area contributed by atoms with Gasteiger partial charge in [-0.05, 0) is 29.0 Å². The Morgan fingerprint density at radius 1 is 0.567 bits per heavy atom. The lowest BCUT2D eigenvalue weighted by Gasteiger charge is -2.17. The van der Waals surface area contributed by atoms with Crippen molar-refractivity contribution in [1.82, 2.24) is 31.9 Å². The normalized spacial score (nSPS) is 23.9. The monoisotopic (exact) mass is 412 g/mol. The minimum absolute atomic E-state index is 0.620. The molecular formula is C24H40N6. The van der Waals surface area contributed by atoms with E-state index in [9.17, 15) is 0 Å². The number of hydrogen-bond acceptors (Lipinski definition) is 6. The average Bonchev–Trinajstić information content (AvgIpc) is 2.78. The fourth-order valence-electron chi connectivity index (χ4n) is 3.71. The molecule has 0 saturated heterocycles. The van der Waals surface area contributed by atoms with Gasteiger partial charge in [-0.25, -0.2) is 0 Å². The van der Waals surface area contributed by atoms with Gasteiger partial charge in [0.15, 0.2) is 0 Å². The summed E-state index contributed by atoms with van der Waals surface area (Å²) >= 11 is 0. The second-order valence-corrected chi connectivity index (χ2v) is 8.18. The number of benzene rings is 1. The fourth-order valence-corrected chi connectivity index (χ4v) is 3.71. The van der Waals surface area contributed by atoms with Crippen molar-refractivity contribution < 1.29 is 0 Å². The highest BCUT2D eigenvalue weighted by Gasteiger charge is 2.08. The molecule has 6 nitrogen and oxygen atoms in total. The predicted molar refractivity (Wildman–Crippen MR) is 127 cm³/mol. The molecule has 0 amide bonds. The molecule has 6 rings (SSSR count). The van der Waals surface area contributed by atoms with Gasteiger partial charge in [0, 0.05) is 78.5 Å². The number of rotatable bonds is 0. The van der Waals surface area contributed by atoms with Gasteiger partial charge in [0.25, 0.3) is 0 Å². The minimum atomic E-state index is 0.620. The lowest BCUT2D eigenvalue weighted by atomic mass is 9.96. The maximum absolute atomic E-state index is 3.58. The molecule has 1 atom stereocenters. The van der Waals surface area contributed by atoms with Crippen LogP contribution in [0.5, 0.6) is 0 Å². The van der Waals surface area contributed by atoms with E-state index in [1.165, 1.54) is 16.7 Å². The quantitative estimate of drug-likeness (QED) is 0.378. The molecule has 4 aliphatic heterocycles. The van der Waals surface area contributed by atoms with Crippen LogP contribution in [0.15, 0.2) is 48.1 Å². The molecule has 0 radical (unpaired) electrons. The first-order chi connectivity index (χ1) is 14.9. The Bertz CT molecular complexity index is 640. The fraction of sp³-hybridized carbons (Fsp3) is 0.583. The lowest BCUT2D eigenvalue weighted by Crippen LogP contribution is -2.34. The highest BCUT2D eigenvalue weighted by molar-refractivity contribution is 5.25. The zero-order valence-electron chi connectivity index (χ0n) is 18.3. The molecule has 1 aromatic rings. The zero-order valence-corrected chi connectivity index (χ0v) is 18.3. The third kappa shape index (κ3) is 9.51. The van der Waals surface area contributed by atoms with Crippen LogP contribution in [0, 0.1) is 5.92 Å². The van der Waals surface area contributed by atoms with Gasteiger partial charge in [0.1, 0.15) is 0 Å². The summed E-state index contributed by atoms with van der Waals surface area (Å²) in [6.45, 7) is 11.9. The van der Waals surface area contributed by atoms with Crippen molar-refractivity contribution >= 4 is 0 Å². The van der Waals surface area contributed by atoms with Gasteiger partial charge in [0.2, 0.25) is 0 Å². The van der Waals surface area contributed by atoms with Crippen molar-refractivity contribution in [3.63, 3.8) is 0 Å². The molecule has 1 aliphatic carbocycles. The van der Waals surface area contributed by atoms with Gasteiger partial charge in [-0.2, -0.15) is 0 Å². The van der Waals surface area contributed by atoms with E-state index < -0.39 is 0 Å². The maximum atomic E-state index is 3.58. The third-order valence-electron chi connectivity index (χ3n) is 5.60. The van der Waals surface area contributed by atoms with Crippen LogP contribution in [0.25, 0.3) is 0 Å². The van der Waals surface area contributed by atoms with E-state index in [1.807, 2.05) is 0 Å². The van der Waals surface area contributed by atoms with Gasteiger partial charge >= 0.3 is 0 Å². The molecule has 1 aromatic carbocycles. The summed E-state index contributed by atoms with van der Waals surface area (Å²) in [5.41, 5.74) is 4.09. The molecule has 30 heavy (non-hydrogen) atoms. The molecule has 166 valence electrons. The van der Waals surface area contributed by atoms with Gasteiger partial charge in [-0.15, -0.1) is 0 Å². The molecule has 6 heteroatoms. The summed E-state index contributed by atoms with van der Waals surface area (Å²) in [7, 11) is 0. The predicted octanol–water partition coefficient (Wildman–Crippen LogP) is 0.740. The highest BCUT2D eigenvalue weighted by atomic mass is 15.0. The standard InChI is InChI=1S/C24H40N6/c1-2-22-4-3-21(1)17-27-13-9-25-11-15-29-19-23-5-7-24(8-6-23)20-30-16-12-26-10-14-28-18-22/h1-7,24-30H,8-20H2. The van der Waals surface area contributed by atoms with E-state index in [-0.39, 0.29) is 0 Å². The van der Waals surface area contributed by atoms with Gasteiger partial charge in [-0.1, -0.05) is 42.5 Å². The second-order valence-electron chi connectivity index (χ2n) is 8.18. The number of nitrogens with one attached hydrogen (secondary N) is 6. The number of hydrogen-bond donors (Lipinski definition) is 6. The van der Waals surface area contributed by atoms with Crippen molar-refractivity contribution in [2.45, 2.75) is 19.5 Å². The molecule has 1 unspecified atom stereocenters. The Hall–Kier alpha value is -1.54. The van der Waals surface area contributed by atoms with Crippen LogP contribution in [-0.2, 0) is 13.1 Å². The SMILES string of the molecule is C1=CC2CC=C1CNCCNCCNCc1ccc(cc1)CNCCNCCNC2. The topological polar surface area (TPSA) is 72.2 Å². The van der Waals surface area contributed by atoms with Crippen molar-refractivity contribution in [3.05, 3.63) is 59.2 Å². The third-order valence-corrected chi connectivity index (χ3v) is 5.60. The van der Waals surface area contributed by atoms with E-state index in [4.69, 9.17) is 0 Å². The molecule has 0 saturated carbocycles. The van der Waals surface area contributed by atoms with Crippen LogP contribution in [-0.4, -0.2) is 65.4 Å². The van der Waals surface area contributed by atoms with Crippen LogP contribution in [0.3, 0.4) is 0 Å². The Morgan fingerprint density at radius 3 is 1.60 bits per heavy atom. The van der Waals surface area contributed by atoms with Gasteiger partial charge in [-0.3, -0.25) is 0 Å². The molecule has 0 fully saturated rings. The first kappa shape index (κ1) is 23.1. The average molecular weight is 413 g/mol. The lowest BCUT2D eigenvalue weighted by molar-refractivity contribution is 0.532. The molecule has 4 bridgehead atoms. The van der Waals surface area contributed by atoms with Crippen molar-refractivity contribution in [2.75, 3.05) is 65.4 Å². The maximum Gasteiger partial charge on any atom is 0.0206 e. The van der Waals surface area contributed by atoms with E-state index >= 15 is 0 Å². The summed E-state index contributed by atoms with van der Waals surface area (Å²) in [5.74, 6) is 0.620. The molecular weight excluding hydrogens is 372 g/mol. The largest absolute Gasteiger partial charge is 0.315 e. The van der Waals surface area contributed by atoms with Crippen molar-refractivity contribution in [3.8, 4) is 0 Å². The summed E-state index contributed by atoms with van der Waals surface area (Å²) < 4.78 is 0. The molecule has 5 aliphatic rings. The Kier molecular flexibility index (Phi) is 11.2. The molecule has 6 N–H and O–H groups in total. The summed E-state index contributed by atoms with van der Waals surface area (Å²) in [4.78, 5) is 0. The molecule has 4 heterocycles. The van der Waals surface area contributed by atoms with E-state index in [1.54, 1.807) is 0 Å². The van der Waals surface area contributed by atoms with E-state index in [2.05, 4.69) is 74.4 Å². The van der Waals surface area contributed by atoms with Crippen LogP contribution in [0.2, 0.25) is 0 Å². The summed E-state index contributed by atoms with van der Waals surface area (Å²) in [6, 6.07) is 8.91. The Labute approximate surface area is 182 Å². The second kappa shape index (κ2) is 14.5. The number of allylic oxidation sites excluding steroid dienone is 1. The highest BCUT2D eigenvalue weighted by Crippen LogP contribution is 2.15. The van der Waals surface area contributed by atoms with Crippen LogP contribution in [0.4, 0.5) is 0 Å². The van der Waals surface area contributed by atoms with Crippen molar-refractivity contribution in [1.29, 1.82) is 0 Å². The zero-order chi connectivity index (χ0) is 20.7. The summed E-state index contributed by atoms with van der Waals surface area (Å²) in [6.07, 6.45) is 8.18. The van der Waals surface area contributed by atoms with Crippen LogP contribution >= 0.6 is 0 Å². The first-order valence-electron chi connectivity index (χ1n) is 11.6. The first-order valence-corrected chi connectivity index (χ1v) is 11.6. The van der Waals surface area contributed by atoms with Crippen molar-refractivity contribution in [2.24, 2.45) is 5.92 Å². The Balaban J connectivity index is 1.39.